The van der Waals surface area contributed by atoms with Gasteiger partial charge in [0.1, 0.15) is 4.70 Å². The van der Waals surface area contributed by atoms with Crippen molar-refractivity contribution >= 4 is 97.2 Å². The number of unbranched alkanes of at least 4 members (excludes halogenated alkanes) is 1. The van der Waals surface area contributed by atoms with Crippen molar-refractivity contribution in [3.05, 3.63) is 55.4 Å². The van der Waals surface area contributed by atoms with Gasteiger partial charge in [-0.15, -0.1) is 0 Å². The van der Waals surface area contributed by atoms with Gasteiger partial charge in [0.2, 0.25) is 5.52 Å². The first-order chi connectivity index (χ1) is 17.4. The van der Waals surface area contributed by atoms with Crippen LogP contribution < -0.4 is 9.05 Å². The topological polar surface area (TPSA) is 118 Å². The Hall–Kier alpha value is -0.840. The van der Waals surface area contributed by atoms with Crippen molar-refractivity contribution < 1.29 is 30.5 Å². The number of halogens is 2. The van der Waals surface area contributed by atoms with Gasteiger partial charge in [0.15, 0.2) is 32.8 Å². The Morgan fingerprint density at radius 3 is 2.51 bits per heavy atom. The van der Waals surface area contributed by atoms with Crippen molar-refractivity contribution in [3.63, 3.8) is 0 Å². The molecule has 2 aromatic carbocycles. The third-order valence-corrected chi connectivity index (χ3v) is 12.1. The second-order valence-electron chi connectivity index (χ2n) is 9.05. The predicted molar refractivity (Wildman–Crippen MR) is 151 cm³/mol. The molecule has 0 N–H and O–H groups in total. The largest absolute Gasteiger partial charge is 0.748 e. The lowest BCUT2D eigenvalue weighted by Crippen LogP contribution is -2.53. The van der Waals surface area contributed by atoms with Crippen LogP contribution in [0.4, 0.5) is 5.69 Å². The lowest BCUT2D eigenvalue weighted by molar-refractivity contribution is -0.669. The Kier molecular flexibility index (Phi) is 7.70. The highest BCUT2D eigenvalue weighted by Gasteiger charge is 2.56. The smallest absolute Gasteiger partial charge is 0.269 e. The Bertz CT molecular complexity index is 1640. The van der Waals surface area contributed by atoms with E-state index in [-0.39, 0.29) is 10.9 Å². The first-order valence-electron chi connectivity index (χ1n) is 11.5. The molecule has 5 rings (SSSR count). The van der Waals surface area contributed by atoms with E-state index in [0.717, 1.165) is 39.8 Å². The summed E-state index contributed by atoms with van der Waals surface area (Å²) in [6.45, 7) is 0.990. The molecule has 0 aliphatic carbocycles. The summed E-state index contributed by atoms with van der Waals surface area (Å²) >= 11 is 10.0. The van der Waals surface area contributed by atoms with Gasteiger partial charge in [-0.3, -0.25) is 0 Å². The Morgan fingerprint density at radius 2 is 1.78 bits per heavy atom. The van der Waals surface area contributed by atoms with Crippen molar-refractivity contribution in [3.8, 4) is 0 Å². The van der Waals surface area contributed by atoms with Gasteiger partial charge < -0.3 is 9.11 Å². The van der Waals surface area contributed by atoms with Gasteiger partial charge in [-0.1, -0.05) is 43.2 Å². The molecule has 2 aliphatic heterocycles. The molecule has 3 heterocycles. The minimum atomic E-state index is -4.59. The molecule has 37 heavy (non-hydrogen) atoms. The van der Waals surface area contributed by atoms with Crippen molar-refractivity contribution in [2.45, 2.75) is 42.5 Å². The molecular formula is C23H22Br2N2O6S4. The molecule has 2 unspecified atom stereocenters. The van der Waals surface area contributed by atoms with Crippen molar-refractivity contribution in [2.24, 2.45) is 0 Å². The van der Waals surface area contributed by atoms with E-state index < -0.39 is 31.4 Å². The zero-order chi connectivity index (χ0) is 26.6. The monoisotopic (exact) mass is 708 g/mol. The highest BCUT2D eigenvalue weighted by molar-refractivity contribution is 9.10. The summed E-state index contributed by atoms with van der Waals surface area (Å²) in [6.07, 6.45) is 3.60. The lowest BCUT2D eigenvalue weighted by atomic mass is 10.2. The van der Waals surface area contributed by atoms with E-state index >= 15 is 0 Å². The number of fused-ring (bicyclic) bond motifs is 3. The van der Waals surface area contributed by atoms with E-state index in [9.17, 15) is 25.9 Å². The van der Waals surface area contributed by atoms with E-state index in [2.05, 4.69) is 36.4 Å². The lowest BCUT2D eigenvalue weighted by Gasteiger charge is -2.36. The fourth-order valence-electron chi connectivity index (χ4n) is 5.18. The fourth-order valence-corrected chi connectivity index (χ4v) is 10.3. The number of thiazole rings is 1. The number of rotatable bonds is 7. The summed E-state index contributed by atoms with van der Waals surface area (Å²) in [4.78, 5) is 0.918. The molecule has 1 spiro atoms. The maximum atomic E-state index is 12.5. The van der Waals surface area contributed by atoms with Crippen LogP contribution in [0.1, 0.15) is 30.7 Å². The molecule has 1 fully saturated rings. The zero-order valence-electron chi connectivity index (χ0n) is 19.3. The molecule has 14 heteroatoms. The van der Waals surface area contributed by atoms with Gasteiger partial charge in [-0.2, -0.15) is 4.57 Å². The summed E-state index contributed by atoms with van der Waals surface area (Å²) in [5, 5.41) is 0.525. The number of quaternary nitrogens is 1. The van der Waals surface area contributed by atoms with Gasteiger partial charge in [-0.05, 0) is 42.4 Å². The summed E-state index contributed by atoms with van der Waals surface area (Å²) in [5.74, 6) is -0.418. The van der Waals surface area contributed by atoms with Crippen molar-refractivity contribution in [2.75, 3.05) is 12.3 Å². The molecular weight excluding hydrogens is 688 g/mol. The summed E-state index contributed by atoms with van der Waals surface area (Å²) in [7, 11) is -8.88. The number of nitrogens with zero attached hydrogens (tertiary/aromatic N) is 2. The van der Waals surface area contributed by atoms with E-state index in [0.29, 0.717) is 32.4 Å². The first-order valence-corrected chi connectivity index (χ1v) is 17.7. The third-order valence-electron chi connectivity index (χ3n) is 6.71. The van der Waals surface area contributed by atoms with Crippen LogP contribution in [0.5, 0.6) is 0 Å². The fraction of sp³-hybridized carbons (Fsp3) is 0.348. The highest BCUT2D eigenvalue weighted by Crippen LogP contribution is 2.57. The van der Waals surface area contributed by atoms with Gasteiger partial charge in [0.05, 0.1) is 27.6 Å². The average molecular weight is 711 g/mol. The van der Waals surface area contributed by atoms with Gasteiger partial charge in [0.25, 0.3) is 5.01 Å². The first kappa shape index (κ1) is 27.7. The molecule has 0 amide bonds. The number of aromatic nitrogens is 1. The van der Waals surface area contributed by atoms with Crippen LogP contribution in [-0.2, 0) is 26.8 Å². The predicted octanol–water partition coefficient (Wildman–Crippen LogP) is 5.12. The minimum Gasteiger partial charge on any atom is -0.748 e. The third kappa shape index (κ3) is 5.46. The van der Waals surface area contributed by atoms with Crippen LogP contribution in [-0.4, -0.2) is 43.6 Å². The van der Waals surface area contributed by atoms with E-state index in [4.69, 9.17) is 0 Å². The molecule has 198 valence electrons. The van der Waals surface area contributed by atoms with Crippen LogP contribution >= 0.6 is 55.0 Å². The Labute approximate surface area is 240 Å². The molecule has 1 aromatic heterocycles. The van der Waals surface area contributed by atoms with Crippen LogP contribution in [0, 0.1) is 0 Å². The second kappa shape index (κ2) is 10.3. The molecule has 8 nitrogen and oxygen atoms in total. The molecule has 1 saturated heterocycles. The molecule has 3 aromatic rings. The number of benzene rings is 2. The van der Waals surface area contributed by atoms with E-state index in [1.807, 2.05) is 42.5 Å². The maximum absolute atomic E-state index is 12.5. The molecule has 2 atom stereocenters. The van der Waals surface area contributed by atoms with Crippen molar-refractivity contribution in [1.82, 2.24) is 4.48 Å². The van der Waals surface area contributed by atoms with E-state index in [1.54, 1.807) is 11.3 Å². The van der Waals surface area contributed by atoms with Crippen molar-refractivity contribution in [1.29, 1.82) is 0 Å². The second-order valence-corrected chi connectivity index (χ2v) is 16.1. The molecule has 0 bridgehead atoms. The van der Waals surface area contributed by atoms with Crippen LogP contribution in [0.25, 0.3) is 16.3 Å². The summed E-state index contributed by atoms with van der Waals surface area (Å²) in [6, 6.07) is 11.7. The number of hydrogen-bond acceptors (Lipinski definition) is 8. The summed E-state index contributed by atoms with van der Waals surface area (Å²) < 4.78 is 75.5. The quantitative estimate of drug-likeness (QED) is 0.145. The standard InChI is InChI=1S/C23H22Br2N2O6S4/c24-15-5-7-19-17(12-15)26(9-1-2-11-36(28,29)30)21(34-19)14-22-27(10-3-4-23(27)37(31,32)33)18-13-16(25)6-8-20(18)35-22/h5-8,12-14,23H,1-4,9-11H2/b22-14-. The van der Waals surface area contributed by atoms with E-state index in [1.165, 1.54) is 11.8 Å². The molecule has 2 aliphatic rings. The number of thioether (sulfide) groups is 1. The normalized spacial score (nSPS) is 22.9. The number of aryl methyl sites for hydroxylation is 1. The molecule has 0 saturated carbocycles. The Balaban J connectivity index is 1.64. The van der Waals surface area contributed by atoms with Crippen LogP contribution in [0.15, 0.2) is 55.3 Å². The zero-order valence-corrected chi connectivity index (χ0v) is 25.7. The van der Waals surface area contributed by atoms with Gasteiger partial charge >= 0.3 is 0 Å². The molecule has 0 radical (unpaired) electrons. The maximum Gasteiger partial charge on any atom is 0.269 e. The van der Waals surface area contributed by atoms with Gasteiger partial charge in [-0.25, -0.2) is 21.3 Å². The highest BCUT2D eigenvalue weighted by atomic mass is 79.9. The summed E-state index contributed by atoms with van der Waals surface area (Å²) in [5.41, 5.74) is 1.75. The SMILES string of the molecule is O=S(=O)([O-])CCCC[n+]1c(/C=C2\Sc3ccc(Br)cc3[N+]23CCCC3S(=O)(=O)[O-])sc2ccc(Br)cc21. The number of hydrogen-bond donors (Lipinski definition) is 0. The van der Waals surface area contributed by atoms with Gasteiger partial charge in [0, 0.05) is 46.1 Å². The van der Waals surface area contributed by atoms with Crippen LogP contribution in [0.3, 0.4) is 0 Å². The average Bonchev–Trinajstić information content (AvgIpc) is 3.47. The minimum absolute atomic E-state index is 0.0162. The van der Waals surface area contributed by atoms with Crippen LogP contribution in [0.2, 0.25) is 0 Å². The Morgan fingerprint density at radius 1 is 1.05 bits per heavy atom.